The Morgan fingerprint density at radius 3 is 2.55 bits per heavy atom. The Morgan fingerprint density at radius 1 is 1.21 bits per heavy atom. The molecule has 4 rings (SSSR count). The third kappa shape index (κ3) is 3.79. The summed E-state index contributed by atoms with van der Waals surface area (Å²) in [4.78, 5) is 27.3. The molecule has 1 saturated carbocycles. The van der Waals surface area contributed by atoms with Crippen molar-refractivity contribution in [1.29, 1.82) is 0 Å². The van der Waals surface area contributed by atoms with Crippen LogP contribution in [0.2, 0.25) is 0 Å². The lowest BCUT2D eigenvalue weighted by Gasteiger charge is -2.40. The van der Waals surface area contributed by atoms with Crippen molar-refractivity contribution < 1.29 is 27.9 Å². The highest BCUT2D eigenvalue weighted by Gasteiger charge is 2.41. The van der Waals surface area contributed by atoms with Crippen LogP contribution in [0.15, 0.2) is 30.6 Å². The standard InChI is InChI=1S/C19H19F3N4O3/c1-11-8-25(18(28)29)16-6-13(14-7-23-24(9-14)10-19(20,21)22)4-5-15(16)26(11)17(27)12-2-3-12/h4-7,9,11-12H,2-3,8,10H2,1H3,(H,28,29)/t11-/m0/s1. The topological polar surface area (TPSA) is 78.7 Å². The fourth-order valence-electron chi connectivity index (χ4n) is 3.63. The van der Waals surface area contributed by atoms with Crippen LogP contribution < -0.4 is 9.80 Å². The second kappa shape index (κ2) is 6.78. The number of rotatable bonds is 3. The van der Waals surface area contributed by atoms with Gasteiger partial charge in [0.2, 0.25) is 5.91 Å². The molecule has 7 nitrogen and oxygen atoms in total. The Labute approximate surface area is 164 Å². The van der Waals surface area contributed by atoms with Crippen LogP contribution in [-0.4, -0.2) is 45.7 Å². The maximum atomic E-state index is 12.7. The molecule has 29 heavy (non-hydrogen) atoms. The average Bonchev–Trinajstić information content (AvgIpc) is 3.39. The summed E-state index contributed by atoms with van der Waals surface area (Å²) < 4.78 is 38.5. The lowest BCUT2D eigenvalue weighted by molar-refractivity contribution is -0.142. The maximum Gasteiger partial charge on any atom is 0.411 e. The van der Waals surface area contributed by atoms with Crippen LogP contribution in [-0.2, 0) is 11.3 Å². The van der Waals surface area contributed by atoms with Gasteiger partial charge in [-0.2, -0.15) is 18.3 Å². The van der Waals surface area contributed by atoms with E-state index in [0.29, 0.717) is 22.5 Å². The first-order valence-electron chi connectivity index (χ1n) is 9.21. The molecule has 0 saturated heterocycles. The Bertz CT molecular complexity index is 968. The first-order chi connectivity index (χ1) is 13.6. The number of amides is 2. The van der Waals surface area contributed by atoms with Gasteiger partial charge in [-0.1, -0.05) is 6.07 Å². The minimum atomic E-state index is -4.39. The summed E-state index contributed by atoms with van der Waals surface area (Å²) in [5.41, 5.74) is 1.79. The fraction of sp³-hybridized carbons (Fsp3) is 0.421. The molecule has 154 valence electrons. The van der Waals surface area contributed by atoms with Gasteiger partial charge in [0.05, 0.1) is 23.6 Å². The van der Waals surface area contributed by atoms with Gasteiger partial charge in [0, 0.05) is 24.2 Å². The van der Waals surface area contributed by atoms with E-state index in [1.54, 1.807) is 30.0 Å². The van der Waals surface area contributed by atoms with E-state index in [0.717, 1.165) is 17.5 Å². The first-order valence-corrected chi connectivity index (χ1v) is 9.21. The van der Waals surface area contributed by atoms with Crippen LogP contribution in [0, 0.1) is 5.92 Å². The van der Waals surface area contributed by atoms with E-state index in [4.69, 9.17) is 0 Å². The Hall–Kier alpha value is -3.04. The molecule has 0 bridgehead atoms. The van der Waals surface area contributed by atoms with Crippen LogP contribution >= 0.6 is 0 Å². The zero-order valence-corrected chi connectivity index (χ0v) is 15.6. The molecule has 10 heteroatoms. The highest BCUT2D eigenvalue weighted by atomic mass is 19.4. The molecule has 0 unspecified atom stereocenters. The molecular formula is C19H19F3N4O3. The number of benzene rings is 1. The van der Waals surface area contributed by atoms with Crippen LogP contribution in [0.4, 0.5) is 29.3 Å². The van der Waals surface area contributed by atoms with Gasteiger partial charge < -0.3 is 10.0 Å². The number of halogens is 3. The number of anilines is 2. The van der Waals surface area contributed by atoms with E-state index in [9.17, 15) is 27.9 Å². The summed E-state index contributed by atoms with van der Waals surface area (Å²) in [7, 11) is 0. The molecule has 2 aliphatic rings. The predicted octanol–water partition coefficient (Wildman–Crippen LogP) is 3.74. The molecule has 1 aliphatic carbocycles. The Kier molecular flexibility index (Phi) is 4.51. The first kappa shape index (κ1) is 19.3. The summed E-state index contributed by atoms with van der Waals surface area (Å²) in [6.07, 6.45) is -1.32. The SMILES string of the molecule is C[C@H]1CN(C(=O)O)c2cc(-c3cnn(CC(F)(F)F)c3)ccc2N1C(=O)C1CC1. The molecule has 1 N–H and O–H groups in total. The number of carbonyl (C=O) groups excluding carboxylic acids is 1. The van der Waals surface area contributed by atoms with Crippen molar-refractivity contribution in [2.24, 2.45) is 5.92 Å². The number of hydrogen-bond donors (Lipinski definition) is 1. The fourth-order valence-corrected chi connectivity index (χ4v) is 3.63. The molecule has 1 aromatic carbocycles. The monoisotopic (exact) mass is 408 g/mol. The van der Waals surface area contributed by atoms with Gasteiger partial charge >= 0.3 is 12.3 Å². The van der Waals surface area contributed by atoms with Crippen LogP contribution in [0.3, 0.4) is 0 Å². The largest absolute Gasteiger partial charge is 0.465 e. The number of nitrogens with zero attached hydrogens (tertiary/aromatic N) is 4. The highest BCUT2D eigenvalue weighted by Crippen LogP contribution is 2.42. The van der Waals surface area contributed by atoms with Gasteiger partial charge in [-0.15, -0.1) is 0 Å². The smallest absolute Gasteiger partial charge is 0.411 e. The summed E-state index contributed by atoms with van der Waals surface area (Å²) in [6.45, 7) is 0.714. The lowest BCUT2D eigenvalue weighted by atomic mass is 10.0. The molecule has 0 spiro atoms. The number of aromatic nitrogens is 2. The van der Waals surface area contributed by atoms with Crippen molar-refractivity contribution in [2.45, 2.75) is 38.5 Å². The van der Waals surface area contributed by atoms with E-state index >= 15 is 0 Å². The summed E-state index contributed by atoms with van der Waals surface area (Å²) in [5.74, 6) is -0.0449. The minimum Gasteiger partial charge on any atom is -0.465 e. The van der Waals surface area contributed by atoms with E-state index in [1.807, 2.05) is 0 Å². The molecule has 2 heterocycles. The second-order valence-corrected chi connectivity index (χ2v) is 7.47. The maximum absolute atomic E-state index is 12.7. The van der Waals surface area contributed by atoms with Crippen molar-refractivity contribution in [3.63, 3.8) is 0 Å². The van der Waals surface area contributed by atoms with E-state index in [-0.39, 0.29) is 24.4 Å². The molecule has 2 amide bonds. The van der Waals surface area contributed by atoms with Crippen molar-refractivity contribution >= 4 is 23.4 Å². The number of fused-ring (bicyclic) bond motifs is 1. The molecule has 1 aromatic heterocycles. The Morgan fingerprint density at radius 2 is 1.93 bits per heavy atom. The molecule has 1 fully saturated rings. The lowest BCUT2D eigenvalue weighted by Crippen LogP contribution is -2.52. The summed E-state index contributed by atoms with van der Waals surface area (Å²) in [5, 5.41) is 13.4. The highest BCUT2D eigenvalue weighted by molar-refractivity contribution is 6.04. The average molecular weight is 408 g/mol. The van der Waals surface area contributed by atoms with Crippen LogP contribution in [0.1, 0.15) is 19.8 Å². The number of hydrogen-bond acceptors (Lipinski definition) is 3. The van der Waals surface area contributed by atoms with Gasteiger partial charge in [0.25, 0.3) is 0 Å². The third-order valence-electron chi connectivity index (χ3n) is 5.12. The normalized spacial score (nSPS) is 19.2. The van der Waals surface area contributed by atoms with Gasteiger partial charge in [-0.05, 0) is 37.5 Å². The van der Waals surface area contributed by atoms with E-state index in [1.165, 1.54) is 17.3 Å². The summed E-state index contributed by atoms with van der Waals surface area (Å²) >= 11 is 0. The van der Waals surface area contributed by atoms with E-state index < -0.39 is 18.8 Å². The van der Waals surface area contributed by atoms with Crippen molar-refractivity contribution in [3.8, 4) is 11.1 Å². The van der Waals surface area contributed by atoms with Gasteiger partial charge in [0.15, 0.2) is 0 Å². The van der Waals surface area contributed by atoms with Crippen LogP contribution in [0.25, 0.3) is 11.1 Å². The Balaban J connectivity index is 1.72. The second-order valence-electron chi connectivity index (χ2n) is 7.47. The quantitative estimate of drug-likeness (QED) is 0.839. The number of alkyl halides is 3. The van der Waals surface area contributed by atoms with Crippen molar-refractivity contribution in [3.05, 3.63) is 30.6 Å². The van der Waals surface area contributed by atoms with Crippen molar-refractivity contribution in [2.75, 3.05) is 16.3 Å². The summed E-state index contributed by atoms with van der Waals surface area (Å²) in [6, 6.07) is 4.58. The zero-order chi connectivity index (χ0) is 20.9. The van der Waals surface area contributed by atoms with Gasteiger partial charge in [0.1, 0.15) is 6.54 Å². The van der Waals surface area contributed by atoms with Crippen molar-refractivity contribution in [1.82, 2.24) is 9.78 Å². The van der Waals surface area contributed by atoms with E-state index in [2.05, 4.69) is 5.10 Å². The van der Waals surface area contributed by atoms with Gasteiger partial charge in [-0.25, -0.2) is 4.79 Å². The molecule has 1 atom stereocenters. The number of carboxylic acid groups (broad SMARTS) is 1. The predicted molar refractivity (Wildman–Crippen MR) is 98.8 cm³/mol. The van der Waals surface area contributed by atoms with Gasteiger partial charge in [-0.3, -0.25) is 14.4 Å². The minimum absolute atomic E-state index is 0.0189. The number of carbonyl (C=O) groups is 2. The molecule has 1 aliphatic heterocycles. The molecule has 2 aromatic rings. The zero-order valence-electron chi connectivity index (χ0n) is 15.6. The molecular weight excluding hydrogens is 389 g/mol. The third-order valence-corrected chi connectivity index (χ3v) is 5.12. The van der Waals surface area contributed by atoms with Crippen LogP contribution in [0.5, 0.6) is 0 Å². The molecule has 0 radical (unpaired) electrons.